The quantitative estimate of drug-likeness (QED) is 0.393. The second-order valence-corrected chi connectivity index (χ2v) is 4.84. The van der Waals surface area contributed by atoms with E-state index in [1.165, 1.54) is 0 Å². The van der Waals surface area contributed by atoms with Crippen molar-refractivity contribution < 1.29 is 9.94 Å². The van der Waals surface area contributed by atoms with Crippen molar-refractivity contribution in [2.45, 2.75) is 6.61 Å². The number of halogens is 1. The van der Waals surface area contributed by atoms with Gasteiger partial charge in [0, 0.05) is 10.0 Å². The zero-order valence-corrected chi connectivity index (χ0v) is 11.7. The van der Waals surface area contributed by atoms with E-state index in [1.807, 2.05) is 36.4 Å². The third-order valence-electron chi connectivity index (χ3n) is 2.58. The molecule has 2 aromatic rings. The van der Waals surface area contributed by atoms with Gasteiger partial charge in [-0.3, -0.25) is 0 Å². The van der Waals surface area contributed by atoms with Crippen LogP contribution in [0, 0.1) is 0 Å². The summed E-state index contributed by atoms with van der Waals surface area (Å²) in [7, 11) is 0. The van der Waals surface area contributed by atoms with Gasteiger partial charge < -0.3 is 15.7 Å². The lowest BCUT2D eigenvalue weighted by atomic mass is 10.1. The second kappa shape index (κ2) is 6.24. The predicted octanol–water partition coefficient (Wildman–Crippen LogP) is 3.12. The van der Waals surface area contributed by atoms with E-state index in [2.05, 4.69) is 21.1 Å². The number of nitrogens with zero attached hydrogens (tertiary/aromatic N) is 1. The van der Waals surface area contributed by atoms with Gasteiger partial charge in [-0.05, 0) is 29.8 Å². The Bertz CT molecular complexity index is 565. The molecule has 2 aromatic carbocycles. The molecule has 0 aliphatic rings. The van der Waals surface area contributed by atoms with Crippen molar-refractivity contribution in [1.82, 2.24) is 0 Å². The van der Waals surface area contributed by atoms with E-state index in [4.69, 9.17) is 15.7 Å². The molecular formula is C14H13BrN2O2. The van der Waals surface area contributed by atoms with Crippen molar-refractivity contribution in [3.63, 3.8) is 0 Å². The number of nitrogens with two attached hydrogens (primary N) is 1. The molecule has 5 heteroatoms. The Morgan fingerprint density at radius 3 is 2.32 bits per heavy atom. The van der Waals surface area contributed by atoms with Gasteiger partial charge in [0.2, 0.25) is 0 Å². The maximum absolute atomic E-state index is 8.57. The van der Waals surface area contributed by atoms with Crippen LogP contribution in [0.5, 0.6) is 5.75 Å². The normalized spacial score (nSPS) is 11.3. The molecule has 0 bridgehead atoms. The van der Waals surface area contributed by atoms with Crippen molar-refractivity contribution >= 4 is 21.8 Å². The molecule has 0 unspecified atom stereocenters. The van der Waals surface area contributed by atoms with Crippen molar-refractivity contribution in [2.24, 2.45) is 10.9 Å². The fraction of sp³-hybridized carbons (Fsp3) is 0.0714. The van der Waals surface area contributed by atoms with Gasteiger partial charge in [0.15, 0.2) is 5.84 Å². The smallest absolute Gasteiger partial charge is 0.170 e. The molecular weight excluding hydrogens is 308 g/mol. The van der Waals surface area contributed by atoms with Crippen LogP contribution in [-0.2, 0) is 6.61 Å². The first kappa shape index (κ1) is 13.4. The van der Waals surface area contributed by atoms with Gasteiger partial charge in [0.25, 0.3) is 0 Å². The number of benzene rings is 2. The van der Waals surface area contributed by atoms with Crippen molar-refractivity contribution in [1.29, 1.82) is 0 Å². The van der Waals surface area contributed by atoms with E-state index in [0.717, 1.165) is 15.8 Å². The average molecular weight is 321 g/mol. The van der Waals surface area contributed by atoms with Crippen LogP contribution in [0.4, 0.5) is 0 Å². The highest BCUT2D eigenvalue weighted by atomic mass is 79.9. The first-order chi connectivity index (χ1) is 9.19. The fourth-order valence-electron chi connectivity index (χ4n) is 1.53. The van der Waals surface area contributed by atoms with Gasteiger partial charge >= 0.3 is 0 Å². The van der Waals surface area contributed by atoms with Crippen LogP contribution in [0.25, 0.3) is 0 Å². The summed E-state index contributed by atoms with van der Waals surface area (Å²) in [6.07, 6.45) is 0. The van der Waals surface area contributed by atoms with Crippen LogP contribution >= 0.6 is 15.9 Å². The molecule has 0 aliphatic carbocycles. The van der Waals surface area contributed by atoms with E-state index in [1.54, 1.807) is 12.1 Å². The zero-order chi connectivity index (χ0) is 13.7. The number of oxime groups is 1. The summed E-state index contributed by atoms with van der Waals surface area (Å²) in [6.45, 7) is 0.470. The Morgan fingerprint density at radius 1 is 1.11 bits per heavy atom. The van der Waals surface area contributed by atoms with Crippen LogP contribution in [-0.4, -0.2) is 11.0 Å². The number of hydrogen-bond acceptors (Lipinski definition) is 3. The van der Waals surface area contributed by atoms with Crippen molar-refractivity contribution in [3.8, 4) is 5.75 Å². The highest BCUT2D eigenvalue weighted by molar-refractivity contribution is 9.10. The highest BCUT2D eigenvalue weighted by Crippen LogP contribution is 2.17. The minimum Gasteiger partial charge on any atom is -0.489 e. The van der Waals surface area contributed by atoms with Crippen LogP contribution in [0.2, 0.25) is 0 Å². The van der Waals surface area contributed by atoms with Gasteiger partial charge in [-0.15, -0.1) is 0 Å². The Labute approximate surface area is 119 Å². The molecule has 0 radical (unpaired) electrons. The van der Waals surface area contributed by atoms with Gasteiger partial charge in [0.05, 0.1) is 0 Å². The lowest BCUT2D eigenvalue weighted by Gasteiger charge is -2.07. The molecule has 19 heavy (non-hydrogen) atoms. The zero-order valence-electron chi connectivity index (χ0n) is 10.1. The molecule has 0 aliphatic heterocycles. The number of ether oxygens (including phenoxy) is 1. The standard InChI is InChI=1S/C14H13BrN2O2/c15-12-5-7-13(8-6-12)19-9-10-1-3-11(4-2-10)14(16)17-18/h1-8,18H,9H2,(H2,16,17). The van der Waals surface area contributed by atoms with Gasteiger partial charge in [-0.1, -0.05) is 45.4 Å². The second-order valence-electron chi connectivity index (χ2n) is 3.92. The molecule has 0 saturated heterocycles. The van der Waals surface area contributed by atoms with E-state index in [-0.39, 0.29) is 5.84 Å². The molecule has 3 N–H and O–H groups in total. The number of hydrogen-bond donors (Lipinski definition) is 2. The molecule has 98 valence electrons. The van der Waals surface area contributed by atoms with Gasteiger partial charge in [-0.2, -0.15) is 0 Å². The average Bonchev–Trinajstić information content (AvgIpc) is 2.46. The first-order valence-corrected chi connectivity index (χ1v) is 6.43. The number of amidine groups is 1. The summed E-state index contributed by atoms with van der Waals surface area (Å²) in [5.74, 6) is 0.907. The summed E-state index contributed by atoms with van der Waals surface area (Å²) in [4.78, 5) is 0. The monoisotopic (exact) mass is 320 g/mol. The summed E-state index contributed by atoms with van der Waals surface area (Å²) in [6, 6.07) is 15.0. The van der Waals surface area contributed by atoms with Crippen LogP contribution < -0.4 is 10.5 Å². The lowest BCUT2D eigenvalue weighted by molar-refractivity contribution is 0.306. The minimum absolute atomic E-state index is 0.0976. The SMILES string of the molecule is N/C(=N\O)c1ccc(COc2ccc(Br)cc2)cc1. The van der Waals surface area contributed by atoms with E-state index in [0.29, 0.717) is 12.2 Å². The summed E-state index contributed by atoms with van der Waals surface area (Å²) in [5, 5.41) is 11.5. The topological polar surface area (TPSA) is 67.8 Å². The van der Waals surface area contributed by atoms with Crippen LogP contribution in [0.15, 0.2) is 58.2 Å². The lowest BCUT2D eigenvalue weighted by Crippen LogP contribution is -2.12. The first-order valence-electron chi connectivity index (χ1n) is 5.64. The maximum Gasteiger partial charge on any atom is 0.170 e. The molecule has 0 fully saturated rings. The minimum atomic E-state index is 0.0976. The van der Waals surface area contributed by atoms with Crippen molar-refractivity contribution in [3.05, 3.63) is 64.1 Å². The summed E-state index contributed by atoms with van der Waals surface area (Å²) >= 11 is 3.37. The Hall–Kier alpha value is -2.01. The molecule has 0 spiro atoms. The Morgan fingerprint density at radius 2 is 1.74 bits per heavy atom. The summed E-state index contributed by atoms with van der Waals surface area (Å²) < 4.78 is 6.66. The Balaban J connectivity index is 1.98. The molecule has 0 atom stereocenters. The largest absolute Gasteiger partial charge is 0.489 e. The van der Waals surface area contributed by atoms with E-state index < -0.39 is 0 Å². The molecule has 4 nitrogen and oxygen atoms in total. The van der Waals surface area contributed by atoms with Gasteiger partial charge in [0.1, 0.15) is 12.4 Å². The summed E-state index contributed by atoms with van der Waals surface area (Å²) in [5.41, 5.74) is 7.18. The van der Waals surface area contributed by atoms with Crippen LogP contribution in [0.3, 0.4) is 0 Å². The maximum atomic E-state index is 8.57. The molecule has 0 amide bonds. The fourth-order valence-corrected chi connectivity index (χ4v) is 1.79. The van der Waals surface area contributed by atoms with Crippen LogP contribution in [0.1, 0.15) is 11.1 Å². The third-order valence-corrected chi connectivity index (χ3v) is 3.11. The predicted molar refractivity (Wildman–Crippen MR) is 77.4 cm³/mol. The third kappa shape index (κ3) is 3.72. The molecule has 0 aromatic heterocycles. The molecule has 0 heterocycles. The number of rotatable bonds is 4. The molecule has 2 rings (SSSR count). The Kier molecular flexibility index (Phi) is 4.41. The van der Waals surface area contributed by atoms with E-state index >= 15 is 0 Å². The molecule has 0 saturated carbocycles. The van der Waals surface area contributed by atoms with Crippen molar-refractivity contribution in [2.75, 3.05) is 0 Å². The highest BCUT2D eigenvalue weighted by Gasteiger charge is 2.00. The van der Waals surface area contributed by atoms with E-state index in [9.17, 15) is 0 Å². The van der Waals surface area contributed by atoms with Gasteiger partial charge in [-0.25, -0.2) is 0 Å².